The third kappa shape index (κ3) is 4.41. The van der Waals surface area contributed by atoms with Crippen molar-refractivity contribution < 1.29 is 13.5 Å². The Balaban J connectivity index is 2.23. The van der Waals surface area contributed by atoms with Gasteiger partial charge in [-0.15, -0.1) is 0 Å². The summed E-state index contributed by atoms with van der Waals surface area (Å²) in [5.41, 5.74) is 2.03. The summed E-state index contributed by atoms with van der Waals surface area (Å²) in [6, 6.07) is 14.2. The van der Waals surface area contributed by atoms with Gasteiger partial charge in [-0.25, -0.2) is 0 Å². The maximum atomic E-state index is 12.2. The minimum absolute atomic E-state index is 0.0205. The number of ether oxygens (including phenoxy) is 1. The number of hydrogen-bond acceptors (Lipinski definition) is 2. The molecule has 0 aliphatic heterocycles. The summed E-state index contributed by atoms with van der Waals surface area (Å²) in [4.78, 5) is 0. The van der Waals surface area contributed by atoms with Crippen molar-refractivity contribution in [1.82, 2.24) is 5.32 Å². The molecule has 0 aliphatic rings. The molecule has 2 aromatic carbocycles. The van der Waals surface area contributed by atoms with Crippen LogP contribution in [0, 0.1) is 0 Å². The summed E-state index contributed by atoms with van der Waals surface area (Å²) in [6.07, 6.45) is 0. The summed E-state index contributed by atoms with van der Waals surface area (Å²) >= 11 is 5.90. The molecule has 5 heteroatoms. The van der Waals surface area contributed by atoms with E-state index in [1.54, 1.807) is 24.3 Å². The van der Waals surface area contributed by atoms with Gasteiger partial charge in [-0.3, -0.25) is 0 Å². The molecule has 0 bridgehead atoms. The van der Waals surface area contributed by atoms with Crippen molar-refractivity contribution in [2.75, 3.05) is 6.54 Å². The van der Waals surface area contributed by atoms with Crippen molar-refractivity contribution in [3.05, 3.63) is 64.7 Å². The van der Waals surface area contributed by atoms with Gasteiger partial charge in [0.05, 0.1) is 6.04 Å². The van der Waals surface area contributed by atoms with E-state index in [1.807, 2.05) is 31.2 Å². The lowest BCUT2D eigenvalue weighted by Gasteiger charge is -2.19. The van der Waals surface area contributed by atoms with E-state index in [2.05, 4.69) is 10.1 Å². The number of halogens is 3. The molecule has 0 aliphatic carbocycles. The van der Waals surface area contributed by atoms with Crippen LogP contribution in [0.4, 0.5) is 8.78 Å². The van der Waals surface area contributed by atoms with Crippen molar-refractivity contribution in [2.24, 2.45) is 0 Å². The molecule has 0 radical (unpaired) electrons. The number of hydrogen-bond donors (Lipinski definition) is 1. The second-order valence-corrected chi connectivity index (χ2v) is 4.93. The lowest BCUT2D eigenvalue weighted by atomic mass is 9.98. The highest BCUT2D eigenvalue weighted by Gasteiger charge is 2.13. The van der Waals surface area contributed by atoms with Gasteiger partial charge in [0.2, 0.25) is 0 Å². The Morgan fingerprint density at radius 3 is 2.00 bits per heavy atom. The molecule has 21 heavy (non-hydrogen) atoms. The van der Waals surface area contributed by atoms with Crippen LogP contribution in [0.1, 0.15) is 24.1 Å². The third-order valence-electron chi connectivity index (χ3n) is 3.05. The van der Waals surface area contributed by atoms with Gasteiger partial charge in [-0.05, 0) is 41.9 Å². The molecule has 112 valence electrons. The van der Waals surface area contributed by atoms with Crippen LogP contribution in [0.5, 0.6) is 5.75 Å². The van der Waals surface area contributed by atoms with Gasteiger partial charge in [-0.1, -0.05) is 42.8 Å². The zero-order valence-corrected chi connectivity index (χ0v) is 12.3. The molecule has 0 fully saturated rings. The Morgan fingerprint density at radius 1 is 1.00 bits per heavy atom. The average molecular weight is 312 g/mol. The zero-order chi connectivity index (χ0) is 15.2. The van der Waals surface area contributed by atoms with Crippen molar-refractivity contribution in [2.45, 2.75) is 19.6 Å². The van der Waals surface area contributed by atoms with E-state index in [-0.39, 0.29) is 11.8 Å². The fourth-order valence-electron chi connectivity index (χ4n) is 2.13. The quantitative estimate of drug-likeness (QED) is 0.839. The van der Waals surface area contributed by atoms with Crippen LogP contribution in [-0.2, 0) is 0 Å². The predicted octanol–water partition coefficient (Wildman–Crippen LogP) is 4.64. The Morgan fingerprint density at radius 2 is 1.52 bits per heavy atom. The Labute approximate surface area is 127 Å². The molecule has 0 spiro atoms. The molecule has 1 atom stereocenters. The molecule has 0 heterocycles. The molecule has 2 nitrogen and oxygen atoms in total. The van der Waals surface area contributed by atoms with Gasteiger partial charge in [0, 0.05) is 5.02 Å². The number of alkyl halides is 2. The Kier molecular flexibility index (Phi) is 5.53. The van der Waals surface area contributed by atoms with Crippen LogP contribution >= 0.6 is 11.6 Å². The second-order valence-electron chi connectivity index (χ2n) is 4.49. The molecule has 2 aromatic rings. The summed E-state index contributed by atoms with van der Waals surface area (Å²) in [6.45, 7) is -0.0172. The smallest absolute Gasteiger partial charge is 0.387 e. The molecule has 1 N–H and O–H groups in total. The maximum absolute atomic E-state index is 12.2. The monoisotopic (exact) mass is 311 g/mol. The van der Waals surface area contributed by atoms with Crippen molar-refractivity contribution in [1.29, 1.82) is 0 Å². The first kappa shape index (κ1) is 15.7. The topological polar surface area (TPSA) is 21.3 Å². The standard InChI is InChI=1S/C16H16ClF2NO/c1-2-20-15(11-3-7-13(17)8-4-11)12-5-9-14(10-6-12)21-16(18)19/h3-10,15-16,20H,2H2,1H3. The molecule has 0 saturated heterocycles. The van der Waals surface area contributed by atoms with Crippen molar-refractivity contribution in [3.8, 4) is 5.75 Å². The van der Waals surface area contributed by atoms with E-state index < -0.39 is 6.61 Å². The van der Waals surface area contributed by atoms with Gasteiger partial charge in [-0.2, -0.15) is 8.78 Å². The highest BCUT2D eigenvalue weighted by Crippen LogP contribution is 2.25. The molecular formula is C16H16ClF2NO. The van der Waals surface area contributed by atoms with Gasteiger partial charge < -0.3 is 10.1 Å². The maximum Gasteiger partial charge on any atom is 0.387 e. The van der Waals surface area contributed by atoms with Crippen LogP contribution < -0.4 is 10.1 Å². The summed E-state index contributed by atoms with van der Waals surface area (Å²) in [7, 11) is 0. The highest BCUT2D eigenvalue weighted by molar-refractivity contribution is 6.30. The van der Waals surface area contributed by atoms with Crippen LogP contribution in [0.2, 0.25) is 5.02 Å². The van der Waals surface area contributed by atoms with E-state index >= 15 is 0 Å². The van der Waals surface area contributed by atoms with Crippen molar-refractivity contribution >= 4 is 11.6 Å². The molecule has 0 saturated carbocycles. The lowest BCUT2D eigenvalue weighted by Crippen LogP contribution is -2.21. The van der Waals surface area contributed by atoms with E-state index in [4.69, 9.17) is 11.6 Å². The summed E-state index contributed by atoms with van der Waals surface area (Å²) in [5.74, 6) is 0.153. The fraction of sp³-hybridized carbons (Fsp3) is 0.250. The molecule has 0 aromatic heterocycles. The normalized spacial score (nSPS) is 12.4. The van der Waals surface area contributed by atoms with Crippen LogP contribution in [0.25, 0.3) is 0 Å². The first-order valence-electron chi connectivity index (χ1n) is 6.63. The van der Waals surface area contributed by atoms with E-state index in [0.29, 0.717) is 5.02 Å². The molecule has 1 unspecified atom stereocenters. The predicted molar refractivity (Wildman–Crippen MR) is 80.0 cm³/mol. The Bertz CT molecular complexity index is 557. The largest absolute Gasteiger partial charge is 0.435 e. The van der Waals surface area contributed by atoms with Crippen LogP contribution in [0.3, 0.4) is 0 Å². The number of benzene rings is 2. The lowest BCUT2D eigenvalue weighted by molar-refractivity contribution is -0.0498. The molecule has 2 rings (SSSR count). The number of nitrogens with one attached hydrogen (secondary N) is 1. The first-order chi connectivity index (χ1) is 10.1. The van der Waals surface area contributed by atoms with Crippen LogP contribution in [0.15, 0.2) is 48.5 Å². The number of rotatable bonds is 6. The first-order valence-corrected chi connectivity index (χ1v) is 7.01. The molecular weight excluding hydrogens is 296 g/mol. The highest BCUT2D eigenvalue weighted by atomic mass is 35.5. The van der Waals surface area contributed by atoms with Crippen molar-refractivity contribution in [3.63, 3.8) is 0 Å². The SMILES string of the molecule is CCNC(c1ccc(Cl)cc1)c1ccc(OC(F)F)cc1. The Hall–Kier alpha value is -1.65. The van der Waals surface area contributed by atoms with E-state index in [9.17, 15) is 8.78 Å². The van der Waals surface area contributed by atoms with Gasteiger partial charge in [0.1, 0.15) is 5.75 Å². The second kappa shape index (κ2) is 7.38. The minimum Gasteiger partial charge on any atom is -0.435 e. The third-order valence-corrected chi connectivity index (χ3v) is 3.30. The minimum atomic E-state index is -2.81. The van der Waals surface area contributed by atoms with E-state index in [1.165, 1.54) is 0 Å². The van der Waals surface area contributed by atoms with Gasteiger partial charge in [0.25, 0.3) is 0 Å². The van der Waals surface area contributed by atoms with Gasteiger partial charge >= 0.3 is 6.61 Å². The fourth-order valence-corrected chi connectivity index (χ4v) is 2.26. The summed E-state index contributed by atoms with van der Waals surface area (Å²) in [5, 5.41) is 4.04. The van der Waals surface area contributed by atoms with E-state index in [0.717, 1.165) is 17.7 Å². The zero-order valence-electron chi connectivity index (χ0n) is 11.5. The van der Waals surface area contributed by atoms with Crippen LogP contribution in [-0.4, -0.2) is 13.2 Å². The van der Waals surface area contributed by atoms with Gasteiger partial charge in [0.15, 0.2) is 0 Å². The molecule has 0 amide bonds. The average Bonchev–Trinajstić information content (AvgIpc) is 2.46. The summed E-state index contributed by atoms with van der Waals surface area (Å²) < 4.78 is 28.7.